The molecule has 0 aromatic heterocycles. The Labute approximate surface area is 256 Å². The number of likely N-dealkylation sites (tertiary alicyclic amines) is 2. The molecule has 1 unspecified atom stereocenters. The van der Waals surface area contributed by atoms with E-state index in [0.717, 1.165) is 86.4 Å². The summed E-state index contributed by atoms with van der Waals surface area (Å²) in [5.74, 6) is -1.94. The lowest BCUT2D eigenvalue weighted by molar-refractivity contribution is -0.156. The summed E-state index contributed by atoms with van der Waals surface area (Å²) in [7, 11) is 0. The van der Waals surface area contributed by atoms with Gasteiger partial charge in [0.1, 0.15) is 17.4 Å². The molecule has 1 atom stereocenters. The highest BCUT2D eigenvalue weighted by Gasteiger charge is 2.57. The summed E-state index contributed by atoms with van der Waals surface area (Å²) in [4.78, 5) is 23.0. The van der Waals surface area contributed by atoms with Gasteiger partial charge >= 0.3 is 5.97 Å². The van der Waals surface area contributed by atoms with Gasteiger partial charge in [0.05, 0.1) is 31.0 Å². The van der Waals surface area contributed by atoms with Crippen molar-refractivity contribution >= 4 is 11.8 Å². The Morgan fingerprint density at radius 1 is 1.11 bits per heavy atom. The highest BCUT2D eigenvalue weighted by molar-refractivity contribution is 5.85. The summed E-state index contributed by atoms with van der Waals surface area (Å²) < 4.78 is 52.6. The Kier molecular flexibility index (Phi) is 7.34. The number of carbonyl (C=O) groups excluding carboxylic acids is 1. The molecule has 2 aliphatic carbocycles. The van der Waals surface area contributed by atoms with Crippen molar-refractivity contribution in [1.82, 2.24) is 9.80 Å². The van der Waals surface area contributed by atoms with Gasteiger partial charge in [0, 0.05) is 44.7 Å². The fourth-order valence-electron chi connectivity index (χ4n) is 6.93. The summed E-state index contributed by atoms with van der Waals surface area (Å²) in [5.41, 5.74) is 3.14. The molecule has 236 valence electrons. The second-order valence-corrected chi connectivity index (χ2v) is 13.7. The van der Waals surface area contributed by atoms with E-state index in [1.165, 1.54) is 12.1 Å². The largest absolute Gasteiger partial charge is 0.492 e. The molecule has 10 heteroatoms. The van der Waals surface area contributed by atoms with Crippen LogP contribution >= 0.6 is 0 Å². The molecular formula is C34H40F3N3O4. The molecule has 44 heavy (non-hydrogen) atoms. The minimum atomic E-state index is -2.66. The minimum absolute atomic E-state index is 0.0367. The Morgan fingerprint density at radius 3 is 2.45 bits per heavy atom. The summed E-state index contributed by atoms with van der Waals surface area (Å²) in [5, 5.41) is 4.47. The third kappa shape index (κ3) is 5.77. The monoisotopic (exact) mass is 611 g/mol. The van der Waals surface area contributed by atoms with Crippen LogP contribution in [0.25, 0.3) is 11.1 Å². The number of rotatable bonds is 9. The van der Waals surface area contributed by atoms with E-state index < -0.39 is 17.3 Å². The molecule has 0 amide bonds. The third-order valence-electron chi connectivity index (χ3n) is 9.99. The predicted octanol–water partition coefficient (Wildman–Crippen LogP) is 6.36. The van der Waals surface area contributed by atoms with Crippen molar-refractivity contribution in [2.75, 3.05) is 39.4 Å². The number of carbonyl (C=O) groups is 1. The van der Waals surface area contributed by atoms with Gasteiger partial charge in [-0.3, -0.25) is 9.69 Å². The van der Waals surface area contributed by atoms with E-state index in [2.05, 4.69) is 21.0 Å². The van der Waals surface area contributed by atoms with E-state index >= 15 is 0 Å². The zero-order valence-corrected chi connectivity index (χ0v) is 25.4. The maximum atomic E-state index is 13.8. The van der Waals surface area contributed by atoms with Gasteiger partial charge in [0.2, 0.25) is 0 Å². The van der Waals surface area contributed by atoms with E-state index in [4.69, 9.17) is 14.3 Å². The topological polar surface area (TPSA) is 63.6 Å². The number of ether oxygens (including phenoxy) is 2. The van der Waals surface area contributed by atoms with Crippen LogP contribution in [0, 0.1) is 17.2 Å². The van der Waals surface area contributed by atoms with Gasteiger partial charge in [-0.15, -0.1) is 0 Å². The van der Waals surface area contributed by atoms with Crippen LogP contribution < -0.4 is 4.74 Å². The van der Waals surface area contributed by atoms with Crippen LogP contribution in [-0.2, 0) is 20.9 Å². The molecule has 0 N–H and O–H groups in total. The fraction of sp³-hybridized carbons (Fsp3) is 0.588. The molecule has 2 aromatic carbocycles. The van der Waals surface area contributed by atoms with Crippen LogP contribution in [-0.4, -0.2) is 72.5 Å². The van der Waals surface area contributed by atoms with Gasteiger partial charge in [-0.05, 0) is 80.3 Å². The second kappa shape index (κ2) is 11.0. The van der Waals surface area contributed by atoms with Crippen molar-refractivity contribution in [3.05, 3.63) is 53.3 Å². The Morgan fingerprint density at radius 2 is 1.82 bits per heavy atom. The number of benzene rings is 2. The fourth-order valence-corrected chi connectivity index (χ4v) is 6.93. The van der Waals surface area contributed by atoms with Gasteiger partial charge in [0.25, 0.3) is 5.92 Å². The van der Waals surface area contributed by atoms with Crippen molar-refractivity contribution in [3.8, 4) is 16.9 Å². The molecule has 7 rings (SSSR count). The van der Waals surface area contributed by atoms with Gasteiger partial charge < -0.3 is 19.2 Å². The van der Waals surface area contributed by atoms with Crippen LogP contribution in [0.2, 0.25) is 0 Å². The zero-order valence-electron chi connectivity index (χ0n) is 25.4. The average Bonchev–Trinajstić information content (AvgIpc) is 3.88. The maximum absolute atomic E-state index is 13.8. The first kappa shape index (κ1) is 29.4. The van der Waals surface area contributed by atoms with E-state index in [9.17, 15) is 18.0 Å². The first-order chi connectivity index (χ1) is 21.1. The van der Waals surface area contributed by atoms with Gasteiger partial charge in [-0.2, -0.15) is 0 Å². The van der Waals surface area contributed by atoms with Gasteiger partial charge in [-0.1, -0.05) is 23.4 Å². The highest BCUT2D eigenvalue weighted by Crippen LogP contribution is 2.51. The molecule has 5 aliphatic rings. The lowest BCUT2D eigenvalue weighted by atomic mass is 9.80. The van der Waals surface area contributed by atoms with Crippen LogP contribution in [0.5, 0.6) is 5.75 Å². The number of oxime groups is 1. The SMILES string of the molecule is CCOC(=O)C1(C)CCN(C2=NOC3(C2)CN(Cc2cc(OCC4CC4(F)F)c(-c4ccc(F)cc4)c(C4CC4)c2)C3)CC1. The Hall–Kier alpha value is -3.27. The van der Waals surface area contributed by atoms with Crippen molar-refractivity contribution < 1.29 is 32.3 Å². The number of nitrogens with zero attached hydrogens (tertiary/aromatic N) is 3. The zero-order chi connectivity index (χ0) is 30.7. The average molecular weight is 612 g/mol. The molecule has 4 fully saturated rings. The smallest absolute Gasteiger partial charge is 0.311 e. The van der Waals surface area contributed by atoms with Crippen LogP contribution in [0.15, 0.2) is 41.6 Å². The molecule has 0 radical (unpaired) electrons. The first-order valence-corrected chi connectivity index (χ1v) is 15.9. The van der Waals surface area contributed by atoms with E-state index in [0.29, 0.717) is 24.8 Å². The second-order valence-electron chi connectivity index (χ2n) is 13.7. The van der Waals surface area contributed by atoms with Crippen LogP contribution in [0.3, 0.4) is 0 Å². The molecule has 3 aliphatic heterocycles. The van der Waals surface area contributed by atoms with Crippen molar-refractivity contribution in [2.45, 2.75) is 76.4 Å². The van der Waals surface area contributed by atoms with Crippen molar-refractivity contribution in [1.29, 1.82) is 0 Å². The number of hydrogen-bond donors (Lipinski definition) is 0. The molecule has 7 nitrogen and oxygen atoms in total. The van der Waals surface area contributed by atoms with Crippen molar-refractivity contribution in [2.24, 2.45) is 16.5 Å². The third-order valence-corrected chi connectivity index (χ3v) is 9.99. The standard InChI is InChI=1S/C34H40F3N3O4/c1-3-42-31(41)32(2)10-12-40(13-11-32)29-17-33(44-38-29)20-39(21-33)18-22-14-27(23-4-5-23)30(24-6-8-26(35)9-7-24)28(15-22)43-19-25-16-34(25,36)37/h6-9,14-15,23,25H,3-5,10-13,16-21H2,1-2H3. The Bertz CT molecular complexity index is 1440. The van der Waals surface area contributed by atoms with Gasteiger partial charge in [0.15, 0.2) is 5.60 Å². The summed E-state index contributed by atoms with van der Waals surface area (Å²) in [6.07, 6.45) is 4.17. The van der Waals surface area contributed by atoms with Gasteiger partial charge in [-0.25, -0.2) is 13.2 Å². The lowest BCUT2D eigenvalue weighted by Gasteiger charge is -2.46. The number of alkyl halides is 2. The van der Waals surface area contributed by atoms with Crippen molar-refractivity contribution in [3.63, 3.8) is 0 Å². The van der Waals surface area contributed by atoms with Crippen LogP contribution in [0.1, 0.15) is 69.4 Å². The minimum Gasteiger partial charge on any atom is -0.492 e. The molecule has 2 saturated heterocycles. The number of halogens is 3. The first-order valence-electron chi connectivity index (χ1n) is 15.9. The maximum Gasteiger partial charge on any atom is 0.311 e. The molecule has 0 bridgehead atoms. The molecule has 1 spiro atoms. The number of amidine groups is 1. The molecular weight excluding hydrogens is 571 g/mol. The van der Waals surface area contributed by atoms with E-state index in [-0.39, 0.29) is 30.4 Å². The number of hydrogen-bond acceptors (Lipinski definition) is 7. The number of esters is 1. The molecule has 3 heterocycles. The quantitative estimate of drug-likeness (QED) is 0.308. The Balaban J connectivity index is 1.02. The lowest BCUT2D eigenvalue weighted by Crippen LogP contribution is -2.61. The molecule has 2 saturated carbocycles. The predicted molar refractivity (Wildman–Crippen MR) is 159 cm³/mol. The summed E-state index contributed by atoms with van der Waals surface area (Å²) >= 11 is 0. The normalized spacial score (nSPS) is 24.8. The highest BCUT2D eigenvalue weighted by atomic mass is 19.3. The number of piperidine rings is 1. The summed E-state index contributed by atoms with van der Waals surface area (Å²) in [6, 6.07) is 10.5. The van der Waals surface area contributed by atoms with E-state index in [1.807, 2.05) is 19.9 Å². The summed E-state index contributed by atoms with van der Waals surface area (Å²) in [6.45, 7) is 7.82. The van der Waals surface area contributed by atoms with E-state index in [1.54, 1.807) is 12.1 Å². The molecule has 2 aromatic rings. The van der Waals surface area contributed by atoms with Crippen LogP contribution in [0.4, 0.5) is 13.2 Å².